The van der Waals surface area contributed by atoms with E-state index in [-0.39, 0.29) is 18.1 Å². The smallest absolute Gasteiger partial charge is 0.319 e. The molecule has 128 valence electrons. The number of amides is 2. The average molecular weight is 322 g/mol. The highest BCUT2D eigenvalue weighted by Crippen LogP contribution is 2.20. The van der Waals surface area contributed by atoms with Gasteiger partial charge in [-0.1, -0.05) is 0 Å². The molecule has 6 nitrogen and oxygen atoms in total. The normalized spacial score (nSPS) is 16.6. The van der Waals surface area contributed by atoms with Crippen LogP contribution in [0.1, 0.15) is 26.2 Å². The molecule has 1 aliphatic rings. The third-order valence-electron chi connectivity index (χ3n) is 3.96. The number of aliphatic hydroxyl groups excluding tert-OH is 1. The zero-order valence-corrected chi connectivity index (χ0v) is 13.6. The lowest BCUT2D eigenvalue weighted by Crippen LogP contribution is -2.34. The number of benzene rings is 1. The number of rotatable bonds is 7. The van der Waals surface area contributed by atoms with Crippen molar-refractivity contribution in [1.29, 1.82) is 0 Å². The lowest BCUT2D eigenvalue weighted by Gasteiger charge is -2.26. The molecule has 1 aromatic carbocycles. The number of aliphatic hydroxyl groups is 1. The number of nitrogens with one attached hydrogen (secondary N) is 2. The van der Waals surface area contributed by atoms with Gasteiger partial charge in [0.15, 0.2) is 0 Å². The molecule has 1 aromatic rings. The van der Waals surface area contributed by atoms with Crippen LogP contribution in [0.25, 0.3) is 0 Å². The summed E-state index contributed by atoms with van der Waals surface area (Å²) >= 11 is 0. The Bertz CT molecular complexity index is 472. The summed E-state index contributed by atoms with van der Waals surface area (Å²) in [6.07, 6.45) is 1.95. The fourth-order valence-electron chi connectivity index (χ4n) is 2.65. The molecular weight excluding hydrogens is 296 g/mol. The molecule has 1 atom stereocenters. The first-order valence-electron chi connectivity index (χ1n) is 8.22. The van der Waals surface area contributed by atoms with Crippen molar-refractivity contribution in [2.75, 3.05) is 31.7 Å². The van der Waals surface area contributed by atoms with Crippen LogP contribution in [0.5, 0.6) is 5.75 Å². The molecule has 1 fully saturated rings. The van der Waals surface area contributed by atoms with E-state index in [4.69, 9.17) is 9.47 Å². The maximum absolute atomic E-state index is 11.8. The van der Waals surface area contributed by atoms with Crippen LogP contribution in [0.15, 0.2) is 24.3 Å². The minimum absolute atomic E-state index is 0.270. The highest BCUT2D eigenvalue weighted by Gasteiger charge is 2.21. The molecule has 0 unspecified atom stereocenters. The van der Waals surface area contributed by atoms with E-state index in [1.165, 1.54) is 0 Å². The number of carbonyl (C=O) groups is 1. The van der Waals surface area contributed by atoms with Crippen molar-refractivity contribution in [2.45, 2.75) is 32.3 Å². The Morgan fingerprint density at radius 1 is 1.35 bits per heavy atom. The molecule has 0 aromatic heterocycles. The molecule has 2 amide bonds. The second-order valence-corrected chi connectivity index (χ2v) is 5.64. The third kappa shape index (κ3) is 6.08. The summed E-state index contributed by atoms with van der Waals surface area (Å²) in [4.78, 5) is 11.8. The van der Waals surface area contributed by atoms with Crippen LogP contribution >= 0.6 is 0 Å². The quantitative estimate of drug-likeness (QED) is 0.720. The first-order chi connectivity index (χ1) is 11.2. The number of hydrogen-bond acceptors (Lipinski definition) is 4. The Kier molecular flexibility index (Phi) is 7.16. The second kappa shape index (κ2) is 9.37. The molecule has 6 heteroatoms. The van der Waals surface area contributed by atoms with Gasteiger partial charge in [0.2, 0.25) is 0 Å². The molecule has 2 rings (SSSR count). The van der Waals surface area contributed by atoms with Crippen LogP contribution in [0.3, 0.4) is 0 Å². The van der Waals surface area contributed by atoms with Gasteiger partial charge in [0.1, 0.15) is 5.75 Å². The molecule has 0 radical (unpaired) electrons. The van der Waals surface area contributed by atoms with Crippen molar-refractivity contribution in [3.63, 3.8) is 0 Å². The van der Waals surface area contributed by atoms with Crippen molar-refractivity contribution in [3.05, 3.63) is 24.3 Å². The summed E-state index contributed by atoms with van der Waals surface area (Å²) in [5.74, 6) is 1.05. The van der Waals surface area contributed by atoms with Crippen molar-refractivity contribution in [2.24, 2.45) is 5.92 Å². The predicted molar refractivity (Wildman–Crippen MR) is 88.8 cm³/mol. The Balaban J connectivity index is 1.66. The number of anilines is 1. The molecular formula is C17H26N2O4. The van der Waals surface area contributed by atoms with E-state index in [0.717, 1.165) is 18.6 Å². The molecule has 1 saturated heterocycles. The Morgan fingerprint density at radius 3 is 2.70 bits per heavy atom. The summed E-state index contributed by atoms with van der Waals surface area (Å²) in [6, 6.07) is 6.94. The van der Waals surface area contributed by atoms with E-state index in [1.54, 1.807) is 12.1 Å². The van der Waals surface area contributed by atoms with Gasteiger partial charge in [-0.3, -0.25) is 0 Å². The number of carbonyl (C=O) groups excluding carboxylic acids is 1. The summed E-state index contributed by atoms with van der Waals surface area (Å²) in [6.45, 7) is 4.42. The largest absolute Gasteiger partial charge is 0.494 e. The first kappa shape index (κ1) is 17.6. The van der Waals surface area contributed by atoms with Gasteiger partial charge in [-0.15, -0.1) is 0 Å². The van der Waals surface area contributed by atoms with E-state index >= 15 is 0 Å². The van der Waals surface area contributed by atoms with Crippen molar-refractivity contribution in [3.8, 4) is 5.75 Å². The highest BCUT2D eigenvalue weighted by atomic mass is 16.5. The molecule has 0 aliphatic carbocycles. The van der Waals surface area contributed by atoms with Gasteiger partial charge in [0.25, 0.3) is 0 Å². The SMILES string of the molecule is CCOc1ccc(NC(=O)NCC[C@@H](O)C2CCOCC2)cc1. The van der Waals surface area contributed by atoms with Crippen LogP contribution in [0.2, 0.25) is 0 Å². The maximum Gasteiger partial charge on any atom is 0.319 e. The molecule has 0 bridgehead atoms. The topological polar surface area (TPSA) is 79.8 Å². The zero-order valence-electron chi connectivity index (χ0n) is 13.6. The number of hydrogen-bond donors (Lipinski definition) is 3. The van der Waals surface area contributed by atoms with Gasteiger partial charge >= 0.3 is 6.03 Å². The number of ether oxygens (including phenoxy) is 2. The van der Waals surface area contributed by atoms with Crippen molar-refractivity contribution >= 4 is 11.7 Å². The molecule has 1 heterocycles. The van der Waals surface area contributed by atoms with Gasteiger partial charge in [-0.25, -0.2) is 4.79 Å². The van der Waals surface area contributed by atoms with Gasteiger partial charge in [-0.05, 0) is 56.4 Å². The molecule has 23 heavy (non-hydrogen) atoms. The lowest BCUT2D eigenvalue weighted by molar-refractivity contribution is 0.00549. The lowest BCUT2D eigenvalue weighted by atomic mass is 9.92. The first-order valence-corrected chi connectivity index (χ1v) is 8.22. The summed E-state index contributed by atoms with van der Waals surface area (Å²) in [5, 5.41) is 15.6. The third-order valence-corrected chi connectivity index (χ3v) is 3.96. The van der Waals surface area contributed by atoms with Crippen molar-refractivity contribution < 1.29 is 19.4 Å². The Labute approximate surface area is 137 Å². The minimum atomic E-state index is -0.385. The molecule has 0 spiro atoms. The highest BCUT2D eigenvalue weighted by molar-refractivity contribution is 5.89. The van der Waals surface area contributed by atoms with Crippen LogP contribution in [0.4, 0.5) is 10.5 Å². The van der Waals surface area contributed by atoms with Crippen LogP contribution in [0, 0.1) is 5.92 Å². The molecule has 1 aliphatic heterocycles. The Morgan fingerprint density at radius 2 is 2.04 bits per heavy atom. The van der Waals surface area contributed by atoms with E-state index in [9.17, 15) is 9.90 Å². The number of urea groups is 1. The minimum Gasteiger partial charge on any atom is -0.494 e. The van der Waals surface area contributed by atoms with Crippen molar-refractivity contribution in [1.82, 2.24) is 5.32 Å². The fourth-order valence-corrected chi connectivity index (χ4v) is 2.65. The van der Waals surface area contributed by atoms with Gasteiger partial charge < -0.3 is 25.2 Å². The molecule has 3 N–H and O–H groups in total. The zero-order chi connectivity index (χ0) is 16.5. The monoisotopic (exact) mass is 322 g/mol. The second-order valence-electron chi connectivity index (χ2n) is 5.64. The summed E-state index contributed by atoms with van der Waals surface area (Å²) in [7, 11) is 0. The van der Waals surface area contributed by atoms with Crippen LogP contribution in [-0.4, -0.2) is 43.6 Å². The standard InChI is InChI=1S/C17H26N2O4/c1-2-23-15-5-3-14(4-6-15)19-17(21)18-10-7-16(20)13-8-11-22-12-9-13/h3-6,13,16,20H,2,7-12H2,1H3,(H2,18,19,21)/t16-/m1/s1. The summed E-state index contributed by atoms with van der Waals surface area (Å²) in [5.41, 5.74) is 0.705. The van der Waals surface area contributed by atoms with Gasteiger partial charge in [0, 0.05) is 25.4 Å². The van der Waals surface area contributed by atoms with Gasteiger partial charge in [0.05, 0.1) is 12.7 Å². The Hall–Kier alpha value is -1.79. The summed E-state index contributed by atoms with van der Waals surface area (Å²) < 4.78 is 10.6. The van der Waals surface area contributed by atoms with Crippen LogP contribution in [-0.2, 0) is 4.74 Å². The van der Waals surface area contributed by atoms with E-state index in [2.05, 4.69) is 10.6 Å². The van der Waals surface area contributed by atoms with E-state index in [0.29, 0.717) is 38.5 Å². The maximum atomic E-state index is 11.8. The predicted octanol–water partition coefficient (Wildman–Crippen LogP) is 2.38. The molecule has 0 saturated carbocycles. The van der Waals surface area contributed by atoms with E-state index < -0.39 is 0 Å². The van der Waals surface area contributed by atoms with Gasteiger partial charge in [-0.2, -0.15) is 0 Å². The van der Waals surface area contributed by atoms with Crippen LogP contribution < -0.4 is 15.4 Å². The fraction of sp³-hybridized carbons (Fsp3) is 0.588. The van der Waals surface area contributed by atoms with E-state index in [1.807, 2.05) is 19.1 Å². The average Bonchev–Trinajstić information content (AvgIpc) is 2.57.